The number of unbranched alkanes of at least 4 members (excludes halogenated alkanes) is 3. The van der Waals surface area contributed by atoms with Crippen molar-refractivity contribution in [1.29, 1.82) is 0 Å². The first-order valence-electron chi connectivity index (χ1n) is 5.77. The molecule has 0 bridgehead atoms. The summed E-state index contributed by atoms with van der Waals surface area (Å²) >= 11 is 0. The van der Waals surface area contributed by atoms with Crippen molar-refractivity contribution < 1.29 is 0 Å². The van der Waals surface area contributed by atoms with Crippen molar-refractivity contribution in [3.05, 3.63) is 24.3 Å². The van der Waals surface area contributed by atoms with E-state index in [-0.39, 0.29) is 9.52 Å². The number of rotatable bonds is 6. The van der Waals surface area contributed by atoms with Crippen molar-refractivity contribution in [3.8, 4) is 0 Å². The van der Waals surface area contributed by atoms with Gasteiger partial charge in [-0.15, -0.1) is 0 Å². The van der Waals surface area contributed by atoms with Gasteiger partial charge in [-0.05, 0) is 12.0 Å². The average Bonchev–Trinajstić information content (AvgIpc) is 2.19. The lowest BCUT2D eigenvalue weighted by Gasteiger charge is -2.09. The normalized spacial score (nSPS) is 17.6. The Morgan fingerprint density at radius 2 is 1.92 bits per heavy atom. The molecule has 1 aliphatic rings. The molecule has 0 saturated heterocycles. The van der Waals surface area contributed by atoms with Crippen LogP contribution in [0.15, 0.2) is 24.3 Å². The third kappa shape index (κ3) is 5.09. The van der Waals surface area contributed by atoms with Gasteiger partial charge in [0.15, 0.2) is 0 Å². The summed E-state index contributed by atoms with van der Waals surface area (Å²) in [5.74, 6) is 0. The van der Waals surface area contributed by atoms with Gasteiger partial charge in [0, 0.05) is 9.52 Å². The fourth-order valence-electron chi connectivity index (χ4n) is 1.83. The van der Waals surface area contributed by atoms with Gasteiger partial charge >= 0.3 is 0 Å². The molecule has 0 nitrogen and oxygen atoms in total. The van der Waals surface area contributed by atoms with Crippen LogP contribution >= 0.6 is 0 Å². The summed E-state index contributed by atoms with van der Waals surface area (Å²) in [6.07, 6.45) is 16.4. The van der Waals surface area contributed by atoms with E-state index in [0.29, 0.717) is 0 Å². The summed E-state index contributed by atoms with van der Waals surface area (Å²) in [5.41, 5.74) is 0.885. The highest BCUT2D eigenvalue weighted by molar-refractivity contribution is 6.39. The first kappa shape index (κ1) is 10.8. The Morgan fingerprint density at radius 3 is 2.62 bits per heavy atom. The highest BCUT2D eigenvalue weighted by Crippen LogP contribution is 2.16. The molecule has 1 rings (SSSR count). The monoisotopic (exact) mass is 194 g/mol. The van der Waals surface area contributed by atoms with Gasteiger partial charge in [0.25, 0.3) is 0 Å². The molecule has 0 aliphatic heterocycles. The minimum atomic E-state index is 0.164. The maximum atomic E-state index is 2.42. The smallest absolute Gasteiger partial charge is 0.0327 e. The molecule has 0 aromatic rings. The van der Waals surface area contributed by atoms with Crippen LogP contribution in [0.3, 0.4) is 0 Å². The SMILES string of the molecule is CCCCCC[SiH2]C1C=CCC=C1. The number of hydrogen-bond donors (Lipinski definition) is 0. The summed E-state index contributed by atoms with van der Waals surface area (Å²) in [6.45, 7) is 2.28. The van der Waals surface area contributed by atoms with Crippen LogP contribution in [0.1, 0.15) is 39.0 Å². The van der Waals surface area contributed by atoms with Gasteiger partial charge in [-0.2, -0.15) is 0 Å². The van der Waals surface area contributed by atoms with Crippen molar-refractivity contribution in [1.82, 2.24) is 0 Å². The van der Waals surface area contributed by atoms with Gasteiger partial charge in [0.05, 0.1) is 0 Å². The van der Waals surface area contributed by atoms with E-state index in [9.17, 15) is 0 Å². The molecule has 1 aliphatic carbocycles. The molecule has 0 spiro atoms. The van der Waals surface area contributed by atoms with Crippen LogP contribution in [-0.4, -0.2) is 9.52 Å². The Bertz CT molecular complexity index is 158. The van der Waals surface area contributed by atoms with Crippen LogP contribution in [0.5, 0.6) is 0 Å². The van der Waals surface area contributed by atoms with E-state index in [1.54, 1.807) is 6.04 Å². The highest BCUT2D eigenvalue weighted by atomic mass is 28.2. The van der Waals surface area contributed by atoms with Crippen molar-refractivity contribution in [3.63, 3.8) is 0 Å². The molecule has 0 fully saturated rings. The molecular weight excluding hydrogens is 172 g/mol. The van der Waals surface area contributed by atoms with Crippen LogP contribution in [0, 0.1) is 0 Å². The first-order chi connectivity index (χ1) is 6.43. The van der Waals surface area contributed by atoms with Crippen molar-refractivity contribution in [2.75, 3.05) is 0 Å². The zero-order valence-corrected chi connectivity index (χ0v) is 10.3. The highest BCUT2D eigenvalue weighted by Gasteiger charge is 2.02. The largest absolute Gasteiger partial charge is 0.0847 e. The molecule has 13 heavy (non-hydrogen) atoms. The van der Waals surface area contributed by atoms with E-state index in [2.05, 4.69) is 31.2 Å². The van der Waals surface area contributed by atoms with Gasteiger partial charge in [-0.25, -0.2) is 0 Å². The third-order valence-corrected chi connectivity index (χ3v) is 4.80. The fourth-order valence-corrected chi connectivity index (χ4v) is 3.71. The topological polar surface area (TPSA) is 0 Å². The maximum absolute atomic E-state index is 2.42. The van der Waals surface area contributed by atoms with Gasteiger partial charge in [-0.3, -0.25) is 0 Å². The van der Waals surface area contributed by atoms with Gasteiger partial charge in [0.2, 0.25) is 0 Å². The molecule has 0 aromatic carbocycles. The van der Waals surface area contributed by atoms with Crippen molar-refractivity contribution >= 4 is 9.52 Å². The predicted octanol–water partition coefficient (Wildman–Crippen LogP) is 3.46. The molecule has 0 amide bonds. The molecule has 74 valence electrons. The average molecular weight is 194 g/mol. The Morgan fingerprint density at radius 1 is 1.15 bits per heavy atom. The zero-order chi connectivity index (χ0) is 9.36. The summed E-state index contributed by atoms with van der Waals surface area (Å²) in [5, 5.41) is 0. The standard InChI is InChI=1S/C12H22Si/c1-2-3-4-8-11-13-12-9-6-5-7-10-12/h6-7,9-10,12H,2-5,8,11,13H2,1H3. The van der Waals surface area contributed by atoms with E-state index in [0.717, 1.165) is 5.54 Å². The Hall–Kier alpha value is -0.303. The Balaban J connectivity index is 1.96. The molecule has 0 radical (unpaired) electrons. The van der Waals surface area contributed by atoms with Crippen molar-refractivity contribution in [2.24, 2.45) is 0 Å². The summed E-state index contributed by atoms with van der Waals surface area (Å²) < 4.78 is 0. The number of hydrogen-bond acceptors (Lipinski definition) is 0. The van der Waals surface area contributed by atoms with E-state index >= 15 is 0 Å². The van der Waals surface area contributed by atoms with Crippen LogP contribution in [0.2, 0.25) is 11.6 Å². The minimum Gasteiger partial charge on any atom is -0.0847 e. The third-order valence-electron chi connectivity index (χ3n) is 2.68. The summed E-state index contributed by atoms with van der Waals surface area (Å²) in [4.78, 5) is 0. The van der Waals surface area contributed by atoms with E-state index in [1.165, 1.54) is 32.1 Å². The maximum Gasteiger partial charge on any atom is 0.0327 e. The zero-order valence-electron chi connectivity index (χ0n) is 8.84. The molecule has 0 saturated carbocycles. The van der Waals surface area contributed by atoms with Crippen LogP contribution in [0.4, 0.5) is 0 Å². The van der Waals surface area contributed by atoms with E-state index in [4.69, 9.17) is 0 Å². The van der Waals surface area contributed by atoms with Crippen LogP contribution in [0.25, 0.3) is 0 Å². The lowest BCUT2D eigenvalue weighted by atomic mass is 10.2. The molecular formula is C12H22Si. The number of allylic oxidation sites excluding steroid dienone is 4. The second-order valence-electron chi connectivity index (χ2n) is 3.96. The van der Waals surface area contributed by atoms with E-state index in [1.807, 2.05) is 0 Å². The minimum absolute atomic E-state index is 0.164. The summed E-state index contributed by atoms with van der Waals surface area (Å²) in [7, 11) is 0.164. The van der Waals surface area contributed by atoms with E-state index < -0.39 is 0 Å². The van der Waals surface area contributed by atoms with Gasteiger partial charge < -0.3 is 0 Å². The molecule has 0 atom stereocenters. The summed E-state index contributed by atoms with van der Waals surface area (Å²) in [6, 6.07) is 1.54. The predicted molar refractivity (Wildman–Crippen MR) is 64.1 cm³/mol. The quantitative estimate of drug-likeness (QED) is 0.345. The second kappa shape index (κ2) is 7.13. The van der Waals surface area contributed by atoms with Crippen LogP contribution < -0.4 is 0 Å². The van der Waals surface area contributed by atoms with Crippen LogP contribution in [-0.2, 0) is 0 Å². The van der Waals surface area contributed by atoms with Gasteiger partial charge in [-0.1, -0.05) is 63.0 Å². The van der Waals surface area contributed by atoms with Crippen molar-refractivity contribution in [2.45, 2.75) is 50.6 Å². The molecule has 0 aromatic heterocycles. The Kier molecular flexibility index (Phi) is 5.91. The Labute approximate surface area is 84.9 Å². The fraction of sp³-hybridized carbons (Fsp3) is 0.667. The van der Waals surface area contributed by atoms with Gasteiger partial charge in [0.1, 0.15) is 0 Å². The first-order valence-corrected chi connectivity index (χ1v) is 7.58. The molecule has 0 unspecified atom stereocenters. The molecule has 1 heteroatoms. The second-order valence-corrected chi connectivity index (χ2v) is 6.19. The molecule has 0 N–H and O–H groups in total. The lowest BCUT2D eigenvalue weighted by Crippen LogP contribution is -1.99. The molecule has 0 heterocycles. The lowest BCUT2D eigenvalue weighted by molar-refractivity contribution is 0.699.